The molecule has 1 saturated carbocycles. The molecule has 0 radical (unpaired) electrons. The number of thiazole rings is 1. The largest absolute Gasteiger partial charge is 0.423 e. The molecule has 3 N–H and O–H groups in total. The molecule has 3 aromatic rings. The molecule has 1 aromatic heterocycles. The average Bonchev–Trinajstić information content (AvgIpc) is 3.25. The number of rotatable bonds is 2. The van der Waals surface area contributed by atoms with Gasteiger partial charge in [-0.05, 0) is 48.2 Å². The van der Waals surface area contributed by atoms with Crippen LogP contribution in [0.5, 0.6) is 5.88 Å². The number of fused-ring (bicyclic) bond motifs is 2. The van der Waals surface area contributed by atoms with Gasteiger partial charge in [0.05, 0.1) is 22.4 Å². The smallest absolute Gasteiger partial charge is 0.307 e. The molecule has 12 heteroatoms. The fourth-order valence-corrected chi connectivity index (χ4v) is 7.78. The maximum absolute atomic E-state index is 12.5. The predicted molar refractivity (Wildman–Crippen MR) is 145 cm³/mol. The van der Waals surface area contributed by atoms with Crippen LogP contribution in [-0.2, 0) is 5.41 Å². The normalized spacial score (nSPS) is 23.6. The highest BCUT2D eigenvalue weighted by Crippen LogP contribution is 2.65. The molecular weight excluding hydrogens is 588 g/mol. The number of hydrogen-bond donors (Lipinski definition) is 2. The molecule has 0 amide bonds. The van der Waals surface area contributed by atoms with Gasteiger partial charge in [-0.2, -0.15) is 15.8 Å². The van der Waals surface area contributed by atoms with Crippen molar-refractivity contribution in [2.75, 3.05) is 0 Å². The van der Waals surface area contributed by atoms with E-state index in [1.165, 1.54) is 12.1 Å². The Balaban J connectivity index is 1.88. The van der Waals surface area contributed by atoms with E-state index in [1.54, 1.807) is 24.3 Å². The third kappa shape index (κ3) is 3.86. The molecule has 1 aliphatic heterocycles. The molecule has 2 heterocycles. The van der Waals surface area contributed by atoms with Crippen molar-refractivity contribution in [2.45, 2.75) is 30.1 Å². The molecule has 5 rings (SSSR count). The van der Waals surface area contributed by atoms with Gasteiger partial charge in [-0.1, -0.05) is 69.9 Å². The summed E-state index contributed by atoms with van der Waals surface area (Å²) in [6.45, 7) is 0. The van der Waals surface area contributed by atoms with E-state index in [1.807, 2.05) is 0 Å². The molecule has 2 unspecified atom stereocenters. The maximum Gasteiger partial charge on any atom is 0.307 e. The maximum atomic E-state index is 12.5. The number of nitriles is 3. The molecule has 1 spiro atoms. The number of benzene rings is 2. The Bertz CT molecular complexity index is 1630. The zero-order valence-corrected chi connectivity index (χ0v) is 23.0. The topological polar surface area (TPSA) is 139 Å². The Kier molecular flexibility index (Phi) is 6.64. The van der Waals surface area contributed by atoms with Crippen LogP contribution in [0.2, 0.25) is 20.1 Å². The highest BCUT2D eigenvalue weighted by molar-refractivity contribution is 7.09. The lowest BCUT2D eigenvalue weighted by Crippen LogP contribution is -2.49. The lowest BCUT2D eigenvalue weighted by molar-refractivity contribution is 0.169. The Morgan fingerprint density at radius 2 is 1.47 bits per heavy atom. The van der Waals surface area contributed by atoms with E-state index >= 15 is 0 Å². The highest BCUT2D eigenvalue weighted by atomic mass is 35.5. The number of halogens is 4. The summed E-state index contributed by atoms with van der Waals surface area (Å²) in [5.74, 6) is -1.75. The van der Waals surface area contributed by atoms with Crippen molar-refractivity contribution < 1.29 is 4.74 Å². The third-order valence-electron chi connectivity index (χ3n) is 7.35. The van der Waals surface area contributed by atoms with Crippen molar-refractivity contribution in [3.63, 3.8) is 0 Å². The molecule has 2 aromatic carbocycles. The molecule has 190 valence electrons. The molecule has 38 heavy (non-hydrogen) atoms. The molecule has 2 atom stereocenters. The second kappa shape index (κ2) is 9.54. The number of allylic oxidation sites excluding steroid dienone is 1. The van der Waals surface area contributed by atoms with Gasteiger partial charge in [-0.25, -0.2) is 0 Å². The van der Waals surface area contributed by atoms with Gasteiger partial charge in [0.15, 0.2) is 5.41 Å². The first kappa shape index (κ1) is 26.4. The summed E-state index contributed by atoms with van der Waals surface area (Å²) < 4.78 is 5.62. The van der Waals surface area contributed by atoms with Crippen LogP contribution in [0.1, 0.15) is 40.7 Å². The summed E-state index contributed by atoms with van der Waals surface area (Å²) in [5.41, 5.74) is 4.40. The summed E-state index contributed by atoms with van der Waals surface area (Å²) in [6, 6.07) is 16.3. The number of H-pyrrole nitrogens is 1. The minimum Gasteiger partial charge on any atom is -0.423 e. The fraction of sp³-hybridized carbons (Fsp3) is 0.231. The number of hydrogen-bond acceptors (Lipinski definition) is 7. The number of nitrogens with one attached hydrogen (secondary N) is 1. The average molecular weight is 603 g/mol. The van der Waals surface area contributed by atoms with Crippen LogP contribution in [0.3, 0.4) is 0 Å². The van der Waals surface area contributed by atoms with E-state index in [9.17, 15) is 20.6 Å². The number of ether oxygens (including phenoxy) is 1. The van der Waals surface area contributed by atoms with Crippen LogP contribution >= 0.6 is 57.7 Å². The van der Waals surface area contributed by atoms with Crippen molar-refractivity contribution in [1.29, 1.82) is 15.8 Å². The van der Waals surface area contributed by atoms with Gasteiger partial charge in [-0.3, -0.25) is 9.78 Å². The number of nitrogens with zero attached hydrogens (tertiary/aromatic N) is 3. The van der Waals surface area contributed by atoms with E-state index in [0.717, 1.165) is 11.3 Å². The fourth-order valence-electron chi connectivity index (χ4n) is 5.72. The first-order valence-corrected chi connectivity index (χ1v) is 13.5. The molecule has 2 aliphatic rings. The lowest BCUT2D eigenvalue weighted by atomic mass is 9.49. The molecule has 0 saturated heterocycles. The number of aromatic amines is 1. The quantitative estimate of drug-likeness (QED) is 0.332. The zero-order chi connectivity index (χ0) is 27.4. The summed E-state index contributed by atoms with van der Waals surface area (Å²) >= 11 is 26.5. The van der Waals surface area contributed by atoms with Gasteiger partial charge in [0.25, 0.3) is 0 Å². The van der Waals surface area contributed by atoms with E-state index in [2.05, 4.69) is 23.2 Å². The van der Waals surface area contributed by atoms with Crippen molar-refractivity contribution in [3.05, 3.63) is 93.6 Å². The first-order chi connectivity index (χ1) is 18.1. The summed E-state index contributed by atoms with van der Waals surface area (Å²) in [5, 5.41) is 32.9. The van der Waals surface area contributed by atoms with Gasteiger partial charge in [0.2, 0.25) is 11.8 Å². The SMILES string of the molecule is N#CC1=C(N)Oc2[nH]c(=O)sc2C12CC(c1ccc(Cl)cc1Cl)C(C#N)(C#N)C(c1ccc(Cl)cc1Cl)C2. The number of nitrogens with two attached hydrogens (primary N) is 1. The van der Waals surface area contributed by atoms with Crippen LogP contribution < -0.4 is 15.3 Å². The lowest BCUT2D eigenvalue weighted by Gasteiger charge is -2.51. The summed E-state index contributed by atoms with van der Waals surface area (Å²) in [6.07, 6.45) is 0.121. The van der Waals surface area contributed by atoms with E-state index in [0.29, 0.717) is 26.0 Å². The molecular formula is C26H15Cl4N5O2S. The highest BCUT2D eigenvalue weighted by Gasteiger charge is 2.62. The van der Waals surface area contributed by atoms with Crippen molar-refractivity contribution in [3.8, 4) is 24.1 Å². The minimum absolute atomic E-state index is 0.0604. The van der Waals surface area contributed by atoms with E-state index in [-0.39, 0.29) is 40.2 Å². The van der Waals surface area contributed by atoms with Crippen molar-refractivity contribution in [1.82, 2.24) is 4.98 Å². The third-order valence-corrected chi connectivity index (χ3v) is 9.54. The van der Waals surface area contributed by atoms with Gasteiger partial charge < -0.3 is 10.5 Å². The first-order valence-electron chi connectivity index (χ1n) is 11.1. The number of aromatic nitrogens is 1. The summed E-state index contributed by atoms with van der Waals surface area (Å²) in [4.78, 5) is 15.2. The molecule has 1 fully saturated rings. The second-order valence-corrected chi connectivity index (χ2v) is 11.8. The van der Waals surface area contributed by atoms with Crippen molar-refractivity contribution >= 4 is 57.7 Å². The zero-order valence-electron chi connectivity index (χ0n) is 19.2. The second-order valence-electron chi connectivity index (χ2n) is 9.15. The van der Waals surface area contributed by atoms with E-state index in [4.69, 9.17) is 56.9 Å². The van der Waals surface area contributed by atoms with Crippen LogP contribution in [0, 0.1) is 39.4 Å². The van der Waals surface area contributed by atoms with Crippen LogP contribution in [0.15, 0.2) is 52.6 Å². The van der Waals surface area contributed by atoms with Gasteiger partial charge in [0, 0.05) is 31.9 Å². The van der Waals surface area contributed by atoms with Gasteiger partial charge in [0.1, 0.15) is 11.6 Å². The Morgan fingerprint density at radius 3 is 1.92 bits per heavy atom. The molecule has 1 aliphatic carbocycles. The Labute approximate surface area is 241 Å². The minimum atomic E-state index is -1.69. The van der Waals surface area contributed by atoms with Gasteiger partial charge >= 0.3 is 4.87 Å². The van der Waals surface area contributed by atoms with Crippen LogP contribution in [0.4, 0.5) is 0 Å². The standard InChI is InChI=1S/C26H15Cl4N5O2S/c27-12-1-3-14(19(29)5-12)16-7-25(18(9-31)22(34)37-23-21(25)38-24(36)35-23)8-17(26(16,10-32)11-33)15-4-2-13(28)6-20(15)30/h1-6,16-17H,7-8,34H2,(H,35,36). The van der Waals surface area contributed by atoms with Crippen molar-refractivity contribution in [2.24, 2.45) is 11.1 Å². The van der Waals surface area contributed by atoms with E-state index < -0.39 is 27.5 Å². The molecule has 7 nitrogen and oxygen atoms in total. The van der Waals surface area contributed by atoms with Crippen LogP contribution in [0.25, 0.3) is 0 Å². The predicted octanol–water partition coefficient (Wildman–Crippen LogP) is 6.77. The Morgan fingerprint density at radius 1 is 0.947 bits per heavy atom. The monoisotopic (exact) mass is 601 g/mol. The van der Waals surface area contributed by atoms with Crippen LogP contribution in [-0.4, -0.2) is 4.98 Å². The Hall–Kier alpha value is -3.16. The molecule has 0 bridgehead atoms. The summed E-state index contributed by atoms with van der Waals surface area (Å²) in [7, 11) is 0. The van der Waals surface area contributed by atoms with Gasteiger partial charge in [-0.15, -0.1) is 0 Å².